The van der Waals surface area contributed by atoms with Crippen molar-refractivity contribution in [3.8, 4) is 0 Å². The van der Waals surface area contributed by atoms with Crippen LogP contribution in [0.1, 0.15) is 33.6 Å². The number of amides is 1. The van der Waals surface area contributed by atoms with Crippen LogP contribution in [0.5, 0.6) is 0 Å². The van der Waals surface area contributed by atoms with Gasteiger partial charge in [0.25, 0.3) is 0 Å². The lowest BCUT2D eigenvalue weighted by Gasteiger charge is -2.27. The lowest BCUT2D eigenvalue weighted by Crippen LogP contribution is -2.23. The summed E-state index contributed by atoms with van der Waals surface area (Å²) in [6.07, 6.45) is 4.19. The highest BCUT2D eigenvalue weighted by atomic mass is 16.1. The Hall–Kier alpha value is -1.15. The fraction of sp³-hybridized carbons (Fsp3) is 0.818. The molecule has 1 unspecified atom stereocenters. The standard InChI is InChI=1S/C11H20N2O2/c1-10(7-13-9-15)6-11(2,3)4-5-12-8-14/h8,10H,4-7H2,1-3H3,(H,12,14). The van der Waals surface area contributed by atoms with Crippen LogP contribution < -0.4 is 5.32 Å². The van der Waals surface area contributed by atoms with Crippen molar-refractivity contribution >= 4 is 12.5 Å². The van der Waals surface area contributed by atoms with Gasteiger partial charge in [0.2, 0.25) is 12.5 Å². The molecule has 0 heterocycles. The maximum absolute atomic E-state index is 10.1. The van der Waals surface area contributed by atoms with Gasteiger partial charge in [0.1, 0.15) is 0 Å². The van der Waals surface area contributed by atoms with E-state index in [1.165, 1.54) is 0 Å². The molecule has 1 amide bonds. The second-order valence-corrected chi connectivity index (χ2v) is 4.73. The van der Waals surface area contributed by atoms with Crippen molar-refractivity contribution in [2.45, 2.75) is 33.6 Å². The number of hydrogen-bond donors (Lipinski definition) is 1. The van der Waals surface area contributed by atoms with Gasteiger partial charge in [-0.25, -0.2) is 9.79 Å². The Morgan fingerprint density at radius 1 is 1.53 bits per heavy atom. The van der Waals surface area contributed by atoms with E-state index in [1.54, 1.807) is 6.08 Å². The number of rotatable bonds is 8. The predicted octanol–water partition coefficient (Wildman–Crippen LogP) is 1.51. The molecule has 1 atom stereocenters. The van der Waals surface area contributed by atoms with Gasteiger partial charge in [-0.2, -0.15) is 0 Å². The Bertz CT molecular complexity index is 233. The third-order valence-corrected chi connectivity index (χ3v) is 2.40. The zero-order valence-corrected chi connectivity index (χ0v) is 9.75. The van der Waals surface area contributed by atoms with Gasteiger partial charge in [0.05, 0.1) is 6.54 Å². The summed E-state index contributed by atoms with van der Waals surface area (Å²) < 4.78 is 0. The molecule has 0 aliphatic carbocycles. The molecule has 15 heavy (non-hydrogen) atoms. The van der Waals surface area contributed by atoms with Crippen molar-refractivity contribution in [1.82, 2.24) is 5.32 Å². The van der Waals surface area contributed by atoms with Crippen LogP contribution in [0.15, 0.2) is 4.99 Å². The number of isocyanates is 1. The number of carbonyl (C=O) groups excluding carboxylic acids is 2. The second kappa shape index (κ2) is 7.18. The molecule has 4 nitrogen and oxygen atoms in total. The van der Waals surface area contributed by atoms with E-state index in [2.05, 4.69) is 31.1 Å². The first-order valence-electron chi connectivity index (χ1n) is 5.22. The molecule has 0 aliphatic heterocycles. The highest BCUT2D eigenvalue weighted by Gasteiger charge is 2.20. The van der Waals surface area contributed by atoms with Crippen molar-refractivity contribution in [3.05, 3.63) is 0 Å². The Labute approximate surface area is 91.2 Å². The van der Waals surface area contributed by atoms with Gasteiger partial charge in [-0.3, -0.25) is 4.79 Å². The highest BCUT2D eigenvalue weighted by molar-refractivity contribution is 5.45. The average Bonchev–Trinajstić information content (AvgIpc) is 2.14. The largest absolute Gasteiger partial charge is 0.359 e. The number of nitrogens with one attached hydrogen (secondary N) is 1. The first-order valence-corrected chi connectivity index (χ1v) is 5.22. The summed E-state index contributed by atoms with van der Waals surface area (Å²) in [6.45, 7) is 7.60. The van der Waals surface area contributed by atoms with Gasteiger partial charge in [-0.15, -0.1) is 0 Å². The molecule has 1 N–H and O–H groups in total. The highest BCUT2D eigenvalue weighted by Crippen LogP contribution is 2.28. The van der Waals surface area contributed by atoms with Gasteiger partial charge in [-0.1, -0.05) is 20.8 Å². The molecule has 0 aliphatic rings. The summed E-state index contributed by atoms with van der Waals surface area (Å²) in [5, 5.41) is 2.65. The lowest BCUT2D eigenvalue weighted by molar-refractivity contribution is -0.109. The summed E-state index contributed by atoms with van der Waals surface area (Å²) in [5.74, 6) is 0.373. The fourth-order valence-corrected chi connectivity index (χ4v) is 1.77. The summed E-state index contributed by atoms with van der Waals surface area (Å²) in [5.41, 5.74) is 0.161. The summed E-state index contributed by atoms with van der Waals surface area (Å²) in [6, 6.07) is 0. The minimum atomic E-state index is 0.161. The van der Waals surface area contributed by atoms with E-state index in [1.807, 2.05) is 0 Å². The minimum Gasteiger partial charge on any atom is -0.359 e. The van der Waals surface area contributed by atoms with Crippen molar-refractivity contribution in [2.24, 2.45) is 16.3 Å². The monoisotopic (exact) mass is 212 g/mol. The molecule has 0 rings (SSSR count). The minimum absolute atomic E-state index is 0.161. The molecular weight excluding hydrogens is 192 g/mol. The van der Waals surface area contributed by atoms with Crippen LogP contribution in [0.2, 0.25) is 0 Å². The van der Waals surface area contributed by atoms with Crippen LogP contribution in [0.4, 0.5) is 0 Å². The van der Waals surface area contributed by atoms with E-state index in [4.69, 9.17) is 0 Å². The molecule has 0 bridgehead atoms. The van der Waals surface area contributed by atoms with E-state index in [0.717, 1.165) is 19.3 Å². The molecule has 0 radical (unpaired) electrons. The van der Waals surface area contributed by atoms with E-state index in [9.17, 15) is 9.59 Å². The number of nitrogens with zero attached hydrogens (tertiary/aromatic N) is 1. The van der Waals surface area contributed by atoms with Crippen LogP contribution in [-0.4, -0.2) is 25.6 Å². The zero-order chi connectivity index (χ0) is 11.7. The van der Waals surface area contributed by atoms with E-state index in [0.29, 0.717) is 19.0 Å². The van der Waals surface area contributed by atoms with Crippen LogP contribution in [0.3, 0.4) is 0 Å². The number of carbonyl (C=O) groups is 1. The zero-order valence-electron chi connectivity index (χ0n) is 9.75. The van der Waals surface area contributed by atoms with Crippen LogP contribution >= 0.6 is 0 Å². The van der Waals surface area contributed by atoms with Gasteiger partial charge < -0.3 is 5.32 Å². The van der Waals surface area contributed by atoms with Gasteiger partial charge in [0, 0.05) is 6.54 Å². The third-order valence-electron chi connectivity index (χ3n) is 2.40. The normalized spacial score (nSPS) is 12.7. The SMILES string of the molecule is CC(CN=C=O)CC(C)(C)CCNC=O. The molecule has 0 spiro atoms. The van der Waals surface area contributed by atoms with Gasteiger partial charge in [0.15, 0.2) is 0 Å². The van der Waals surface area contributed by atoms with E-state index >= 15 is 0 Å². The van der Waals surface area contributed by atoms with Crippen molar-refractivity contribution in [3.63, 3.8) is 0 Å². The van der Waals surface area contributed by atoms with E-state index in [-0.39, 0.29) is 5.41 Å². The summed E-state index contributed by atoms with van der Waals surface area (Å²) >= 11 is 0. The Balaban J connectivity index is 3.88. The maximum Gasteiger partial charge on any atom is 0.234 e. The van der Waals surface area contributed by atoms with E-state index < -0.39 is 0 Å². The first kappa shape index (κ1) is 13.8. The summed E-state index contributed by atoms with van der Waals surface area (Å²) in [7, 11) is 0. The van der Waals surface area contributed by atoms with Crippen molar-refractivity contribution in [2.75, 3.05) is 13.1 Å². The predicted molar refractivity (Wildman–Crippen MR) is 59.2 cm³/mol. The molecule has 4 heteroatoms. The Morgan fingerprint density at radius 2 is 2.20 bits per heavy atom. The lowest BCUT2D eigenvalue weighted by atomic mass is 9.80. The summed E-state index contributed by atoms with van der Waals surface area (Å²) in [4.78, 5) is 23.6. The quantitative estimate of drug-likeness (QED) is 0.287. The Morgan fingerprint density at radius 3 is 2.73 bits per heavy atom. The molecular formula is C11H20N2O2. The van der Waals surface area contributed by atoms with Crippen molar-refractivity contribution < 1.29 is 9.59 Å². The molecule has 0 saturated heterocycles. The third kappa shape index (κ3) is 7.89. The molecule has 0 saturated carbocycles. The Kier molecular flexibility index (Phi) is 6.63. The topological polar surface area (TPSA) is 58.5 Å². The van der Waals surface area contributed by atoms with Crippen LogP contribution in [0, 0.1) is 11.3 Å². The molecule has 0 fully saturated rings. The smallest absolute Gasteiger partial charge is 0.234 e. The average molecular weight is 212 g/mol. The molecule has 0 aromatic carbocycles. The van der Waals surface area contributed by atoms with Crippen molar-refractivity contribution in [1.29, 1.82) is 0 Å². The van der Waals surface area contributed by atoms with Crippen LogP contribution in [-0.2, 0) is 9.59 Å². The van der Waals surface area contributed by atoms with Crippen LogP contribution in [0.25, 0.3) is 0 Å². The number of aliphatic imine (C=N–C) groups is 1. The molecule has 0 aromatic rings. The van der Waals surface area contributed by atoms with Gasteiger partial charge >= 0.3 is 0 Å². The fourth-order valence-electron chi connectivity index (χ4n) is 1.77. The number of hydrogen-bond acceptors (Lipinski definition) is 3. The van der Waals surface area contributed by atoms with Gasteiger partial charge in [-0.05, 0) is 24.2 Å². The second-order valence-electron chi connectivity index (χ2n) is 4.73. The molecule has 86 valence electrons. The maximum atomic E-state index is 10.1. The first-order chi connectivity index (χ1) is 7.02. The molecule has 0 aromatic heterocycles.